The van der Waals surface area contributed by atoms with E-state index in [-0.39, 0.29) is 29.6 Å². The quantitative estimate of drug-likeness (QED) is 0.752. The highest BCUT2D eigenvalue weighted by molar-refractivity contribution is 6.10. The Balaban J connectivity index is 1.47. The number of benzene rings is 2. The van der Waals surface area contributed by atoms with Gasteiger partial charge in [0.05, 0.1) is 11.8 Å². The minimum Gasteiger partial charge on any atom is -0.324 e. The molecule has 3 fully saturated rings. The lowest BCUT2D eigenvalue weighted by Crippen LogP contribution is -2.49. The molecule has 5 rings (SSSR count). The van der Waals surface area contributed by atoms with E-state index >= 15 is 0 Å². The van der Waals surface area contributed by atoms with Gasteiger partial charge in [-0.2, -0.15) is 0 Å². The lowest BCUT2D eigenvalue weighted by molar-refractivity contribution is -0.147. The smallest absolute Gasteiger partial charge is 0.248 e. The van der Waals surface area contributed by atoms with E-state index in [1.54, 1.807) is 0 Å². The average molecular weight is 417 g/mol. The van der Waals surface area contributed by atoms with E-state index in [4.69, 9.17) is 0 Å². The molecule has 5 atom stereocenters. The van der Waals surface area contributed by atoms with Crippen molar-refractivity contribution in [3.05, 3.63) is 65.2 Å². The molecule has 5 heteroatoms. The van der Waals surface area contributed by atoms with Crippen LogP contribution < -0.4 is 5.32 Å². The molecule has 1 saturated heterocycles. The van der Waals surface area contributed by atoms with Crippen LogP contribution in [0.1, 0.15) is 36.0 Å². The van der Waals surface area contributed by atoms with Gasteiger partial charge in [-0.1, -0.05) is 42.5 Å². The number of rotatable bonds is 5. The third-order valence-electron chi connectivity index (χ3n) is 7.50. The Bertz CT molecular complexity index is 1020. The fourth-order valence-electron chi connectivity index (χ4n) is 5.96. The number of likely N-dealkylation sites (tertiary alicyclic amines) is 1. The molecule has 2 aliphatic carbocycles. The van der Waals surface area contributed by atoms with Crippen LogP contribution in [0.4, 0.5) is 5.69 Å². The van der Waals surface area contributed by atoms with E-state index < -0.39 is 6.04 Å². The number of aryl methyl sites for hydroxylation is 2. The number of fused-ring (bicyclic) bond motifs is 5. The highest BCUT2D eigenvalue weighted by atomic mass is 16.2. The maximum Gasteiger partial charge on any atom is 0.248 e. The summed E-state index contributed by atoms with van der Waals surface area (Å²) in [6.07, 6.45) is 3.36. The van der Waals surface area contributed by atoms with Crippen molar-refractivity contribution < 1.29 is 14.4 Å². The second-order valence-corrected chi connectivity index (χ2v) is 9.44. The molecule has 3 aliphatic rings. The van der Waals surface area contributed by atoms with Crippen molar-refractivity contribution in [3.63, 3.8) is 0 Å². The SMILES string of the molecule is Cc1ccc(C)c(NC(=O)[C@H](Cc2ccccc2)N2C(=O)[C@H]3[C@@H]4CC[C@@H](C4)[C@@H]3C2=O)c1. The molecule has 0 radical (unpaired) electrons. The molecular formula is C26H28N2O3. The summed E-state index contributed by atoms with van der Waals surface area (Å²) < 4.78 is 0. The molecule has 31 heavy (non-hydrogen) atoms. The highest BCUT2D eigenvalue weighted by Gasteiger charge is 2.62. The van der Waals surface area contributed by atoms with E-state index in [1.807, 2.05) is 62.4 Å². The number of nitrogens with zero attached hydrogens (tertiary/aromatic N) is 1. The fourth-order valence-corrected chi connectivity index (χ4v) is 5.96. The van der Waals surface area contributed by atoms with Crippen molar-refractivity contribution in [1.29, 1.82) is 0 Å². The Morgan fingerprint density at radius 3 is 2.29 bits per heavy atom. The molecule has 0 unspecified atom stereocenters. The van der Waals surface area contributed by atoms with Crippen molar-refractivity contribution in [2.45, 2.75) is 45.6 Å². The van der Waals surface area contributed by atoms with Gasteiger partial charge in [0.2, 0.25) is 17.7 Å². The largest absolute Gasteiger partial charge is 0.324 e. The first kappa shape index (κ1) is 20.0. The van der Waals surface area contributed by atoms with Crippen LogP contribution in [0.2, 0.25) is 0 Å². The van der Waals surface area contributed by atoms with Gasteiger partial charge in [-0.3, -0.25) is 19.3 Å². The fraction of sp³-hybridized carbons (Fsp3) is 0.423. The first-order valence-corrected chi connectivity index (χ1v) is 11.2. The summed E-state index contributed by atoms with van der Waals surface area (Å²) in [5.41, 5.74) is 3.65. The lowest BCUT2D eigenvalue weighted by Gasteiger charge is -2.27. The zero-order chi connectivity index (χ0) is 21.7. The first-order chi connectivity index (χ1) is 14.9. The number of hydrogen-bond donors (Lipinski definition) is 1. The Hall–Kier alpha value is -2.95. The summed E-state index contributed by atoms with van der Waals surface area (Å²) in [4.78, 5) is 41.7. The van der Waals surface area contributed by atoms with Crippen LogP contribution in [0, 0.1) is 37.5 Å². The summed E-state index contributed by atoms with van der Waals surface area (Å²) in [6.45, 7) is 3.91. The molecule has 2 saturated carbocycles. The Kier molecular flexibility index (Phi) is 4.92. The van der Waals surface area contributed by atoms with Crippen LogP contribution in [-0.2, 0) is 20.8 Å². The summed E-state index contributed by atoms with van der Waals surface area (Å²) in [6, 6.07) is 14.7. The van der Waals surface area contributed by atoms with Crippen molar-refractivity contribution in [2.75, 3.05) is 5.32 Å². The van der Waals surface area contributed by atoms with Crippen LogP contribution in [0.25, 0.3) is 0 Å². The number of imide groups is 1. The Morgan fingerprint density at radius 1 is 1.00 bits per heavy atom. The van der Waals surface area contributed by atoms with Gasteiger partial charge in [0.25, 0.3) is 0 Å². The topological polar surface area (TPSA) is 66.5 Å². The van der Waals surface area contributed by atoms with E-state index in [1.165, 1.54) is 4.90 Å². The third-order valence-corrected chi connectivity index (χ3v) is 7.50. The normalized spacial score (nSPS) is 27.5. The minimum absolute atomic E-state index is 0.140. The number of amides is 3. The van der Waals surface area contributed by atoms with Crippen LogP contribution >= 0.6 is 0 Å². The van der Waals surface area contributed by atoms with Gasteiger partial charge in [0.1, 0.15) is 6.04 Å². The molecule has 2 aromatic carbocycles. The van der Waals surface area contributed by atoms with Gasteiger partial charge >= 0.3 is 0 Å². The third kappa shape index (κ3) is 3.36. The van der Waals surface area contributed by atoms with Crippen LogP contribution in [0.5, 0.6) is 0 Å². The average Bonchev–Trinajstić information content (AvgIpc) is 3.44. The molecule has 3 amide bonds. The molecule has 0 aromatic heterocycles. The molecular weight excluding hydrogens is 388 g/mol. The van der Waals surface area contributed by atoms with E-state index in [0.717, 1.165) is 41.6 Å². The standard InChI is InChI=1S/C26H28N2O3/c1-15-8-9-16(2)20(12-15)27-24(29)21(13-17-6-4-3-5-7-17)28-25(30)22-18-10-11-19(14-18)23(22)26(28)31/h3-9,12,18-19,21-23H,10-11,13-14H2,1-2H3,(H,27,29)/t18-,19+,21-,22-,23-/m0/s1. The summed E-state index contributed by atoms with van der Waals surface area (Å²) in [5.74, 6) is -0.423. The van der Waals surface area contributed by atoms with E-state index in [9.17, 15) is 14.4 Å². The summed E-state index contributed by atoms with van der Waals surface area (Å²) >= 11 is 0. The van der Waals surface area contributed by atoms with Gasteiger partial charge in [-0.05, 0) is 67.7 Å². The Morgan fingerprint density at radius 2 is 1.65 bits per heavy atom. The number of hydrogen-bond acceptors (Lipinski definition) is 3. The van der Waals surface area contributed by atoms with Gasteiger partial charge in [0, 0.05) is 12.1 Å². The summed E-state index contributed by atoms with van der Waals surface area (Å²) in [5, 5.41) is 3.01. The lowest BCUT2D eigenvalue weighted by atomic mass is 9.81. The van der Waals surface area contributed by atoms with Gasteiger partial charge < -0.3 is 5.32 Å². The molecule has 1 aliphatic heterocycles. The van der Waals surface area contributed by atoms with Gasteiger partial charge in [-0.15, -0.1) is 0 Å². The van der Waals surface area contributed by atoms with Gasteiger partial charge in [0.15, 0.2) is 0 Å². The zero-order valence-electron chi connectivity index (χ0n) is 18.0. The number of carbonyl (C=O) groups is 3. The maximum atomic E-state index is 13.5. The predicted octanol–water partition coefficient (Wildman–Crippen LogP) is 3.88. The molecule has 1 N–H and O–H groups in total. The predicted molar refractivity (Wildman–Crippen MR) is 118 cm³/mol. The zero-order valence-corrected chi connectivity index (χ0v) is 18.0. The van der Waals surface area contributed by atoms with Crippen molar-refractivity contribution in [1.82, 2.24) is 4.90 Å². The van der Waals surface area contributed by atoms with Crippen LogP contribution in [-0.4, -0.2) is 28.7 Å². The van der Waals surface area contributed by atoms with Crippen LogP contribution in [0.15, 0.2) is 48.5 Å². The first-order valence-electron chi connectivity index (χ1n) is 11.2. The second-order valence-electron chi connectivity index (χ2n) is 9.44. The van der Waals surface area contributed by atoms with Crippen molar-refractivity contribution >= 4 is 23.4 Å². The monoisotopic (exact) mass is 416 g/mol. The summed E-state index contributed by atoms with van der Waals surface area (Å²) in [7, 11) is 0. The Labute approximate surface area is 182 Å². The van der Waals surface area contributed by atoms with Crippen molar-refractivity contribution in [2.24, 2.45) is 23.7 Å². The molecule has 2 aromatic rings. The maximum absolute atomic E-state index is 13.5. The molecule has 0 spiro atoms. The van der Waals surface area contributed by atoms with Gasteiger partial charge in [-0.25, -0.2) is 0 Å². The molecule has 5 nitrogen and oxygen atoms in total. The van der Waals surface area contributed by atoms with E-state index in [0.29, 0.717) is 18.3 Å². The van der Waals surface area contributed by atoms with E-state index in [2.05, 4.69) is 5.32 Å². The molecule has 1 heterocycles. The number of nitrogens with one attached hydrogen (secondary N) is 1. The highest BCUT2D eigenvalue weighted by Crippen LogP contribution is 2.56. The molecule has 160 valence electrons. The molecule has 2 bridgehead atoms. The van der Waals surface area contributed by atoms with Crippen LogP contribution in [0.3, 0.4) is 0 Å². The second kappa shape index (κ2) is 7.63. The van der Waals surface area contributed by atoms with Crippen molar-refractivity contribution in [3.8, 4) is 0 Å². The minimum atomic E-state index is -0.840. The number of carbonyl (C=O) groups excluding carboxylic acids is 3. The number of anilines is 1.